The Morgan fingerprint density at radius 3 is 2.63 bits per heavy atom. The van der Waals surface area contributed by atoms with Crippen molar-refractivity contribution >= 4 is 11.8 Å². The lowest BCUT2D eigenvalue weighted by Crippen LogP contribution is -2.12. The zero-order valence-electron chi connectivity index (χ0n) is 11.2. The van der Waals surface area contributed by atoms with Crippen LogP contribution < -0.4 is 10.5 Å². The van der Waals surface area contributed by atoms with Gasteiger partial charge in [-0.15, -0.1) is 10.2 Å². The van der Waals surface area contributed by atoms with E-state index in [2.05, 4.69) is 22.3 Å². The van der Waals surface area contributed by atoms with Crippen LogP contribution in [0.4, 0.5) is 0 Å². The van der Waals surface area contributed by atoms with E-state index in [1.165, 1.54) is 5.56 Å². The first-order valence-electron chi connectivity index (χ1n) is 6.10. The largest absolute Gasteiger partial charge is 0.497 e. The number of nitrogens with zero attached hydrogens (tertiary/aromatic N) is 3. The van der Waals surface area contributed by atoms with Crippen LogP contribution in [0.1, 0.15) is 11.4 Å². The number of hydrogen-bond donors (Lipinski definition) is 1. The Morgan fingerprint density at radius 1 is 1.26 bits per heavy atom. The highest BCUT2D eigenvalue weighted by Gasteiger charge is 2.08. The molecule has 0 aliphatic heterocycles. The molecule has 0 unspecified atom stereocenters. The minimum atomic E-state index is 0.592. The fraction of sp³-hybridized carbons (Fsp3) is 0.385. The van der Waals surface area contributed by atoms with Gasteiger partial charge in [0.15, 0.2) is 5.16 Å². The lowest BCUT2D eigenvalue weighted by atomic mass is 10.2. The second-order valence-corrected chi connectivity index (χ2v) is 5.05. The van der Waals surface area contributed by atoms with E-state index in [-0.39, 0.29) is 0 Å². The standard InChI is InChI=1S/C13H18N4OS/c1-10-15-16-13(17(10)8-7-14)19-9-11-3-5-12(18-2)6-4-11/h3-6H,7-9,14H2,1-2H3. The van der Waals surface area contributed by atoms with Crippen molar-refractivity contribution in [2.45, 2.75) is 24.4 Å². The third-order valence-electron chi connectivity index (χ3n) is 2.78. The van der Waals surface area contributed by atoms with E-state index in [9.17, 15) is 0 Å². The smallest absolute Gasteiger partial charge is 0.191 e. The van der Waals surface area contributed by atoms with Gasteiger partial charge in [-0.1, -0.05) is 23.9 Å². The lowest BCUT2D eigenvalue weighted by Gasteiger charge is -2.06. The van der Waals surface area contributed by atoms with Crippen LogP contribution in [0.3, 0.4) is 0 Å². The molecule has 102 valence electrons. The SMILES string of the molecule is COc1ccc(CSc2nnc(C)n2CCN)cc1. The highest BCUT2D eigenvalue weighted by Crippen LogP contribution is 2.22. The Hall–Kier alpha value is -1.53. The molecule has 0 spiro atoms. The minimum Gasteiger partial charge on any atom is -0.497 e. The number of aromatic nitrogens is 3. The number of aryl methyl sites for hydroxylation is 1. The normalized spacial score (nSPS) is 10.7. The summed E-state index contributed by atoms with van der Waals surface area (Å²) >= 11 is 1.67. The number of nitrogens with two attached hydrogens (primary N) is 1. The quantitative estimate of drug-likeness (QED) is 0.817. The summed E-state index contributed by atoms with van der Waals surface area (Å²) in [6.07, 6.45) is 0. The topological polar surface area (TPSA) is 66.0 Å². The fourth-order valence-corrected chi connectivity index (χ4v) is 2.69. The number of rotatable bonds is 6. The lowest BCUT2D eigenvalue weighted by molar-refractivity contribution is 0.414. The maximum atomic E-state index is 5.60. The van der Waals surface area contributed by atoms with E-state index in [1.54, 1.807) is 18.9 Å². The molecular weight excluding hydrogens is 260 g/mol. The van der Waals surface area contributed by atoms with Gasteiger partial charge in [-0.2, -0.15) is 0 Å². The number of thioether (sulfide) groups is 1. The van der Waals surface area contributed by atoms with Crippen molar-refractivity contribution in [3.8, 4) is 5.75 Å². The molecule has 0 saturated carbocycles. The molecule has 6 heteroatoms. The van der Waals surface area contributed by atoms with Crippen LogP contribution in [0.25, 0.3) is 0 Å². The summed E-state index contributed by atoms with van der Waals surface area (Å²) in [5.74, 6) is 2.63. The summed E-state index contributed by atoms with van der Waals surface area (Å²) in [5.41, 5.74) is 6.82. The van der Waals surface area contributed by atoms with E-state index >= 15 is 0 Å². The predicted octanol–water partition coefficient (Wildman–Crippen LogP) is 1.85. The van der Waals surface area contributed by atoms with Gasteiger partial charge in [0.2, 0.25) is 0 Å². The fourth-order valence-electron chi connectivity index (χ4n) is 1.72. The Balaban J connectivity index is 2.01. The van der Waals surface area contributed by atoms with Gasteiger partial charge in [0.1, 0.15) is 11.6 Å². The third kappa shape index (κ3) is 3.48. The number of methoxy groups -OCH3 is 1. The average molecular weight is 278 g/mol. The molecule has 1 aromatic heterocycles. The molecule has 0 fully saturated rings. The van der Waals surface area contributed by atoms with Gasteiger partial charge in [0, 0.05) is 18.8 Å². The van der Waals surface area contributed by atoms with Crippen molar-refractivity contribution in [3.05, 3.63) is 35.7 Å². The summed E-state index contributed by atoms with van der Waals surface area (Å²) in [6.45, 7) is 3.29. The minimum absolute atomic E-state index is 0.592. The number of benzene rings is 1. The van der Waals surface area contributed by atoms with Crippen molar-refractivity contribution in [2.24, 2.45) is 5.73 Å². The zero-order chi connectivity index (χ0) is 13.7. The molecule has 0 atom stereocenters. The van der Waals surface area contributed by atoms with E-state index in [0.29, 0.717) is 6.54 Å². The van der Waals surface area contributed by atoms with Gasteiger partial charge < -0.3 is 15.0 Å². The summed E-state index contributed by atoms with van der Waals surface area (Å²) in [6, 6.07) is 8.04. The van der Waals surface area contributed by atoms with Crippen LogP contribution >= 0.6 is 11.8 Å². The van der Waals surface area contributed by atoms with Crippen molar-refractivity contribution in [2.75, 3.05) is 13.7 Å². The molecule has 2 N–H and O–H groups in total. The molecule has 2 rings (SSSR count). The first-order valence-corrected chi connectivity index (χ1v) is 7.08. The second-order valence-electron chi connectivity index (χ2n) is 4.11. The van der Waals surface area contributed by atoms with Crippen LogP contribution in [0.2, 0.25) is 0 Å². The predicted molar refractivity (Wildman–Crippen MR) is 76.4 cm³/mol. The molecule has 5 nitrogen and oxygen atoms in total. The molecular formula is C13H18N4OS. The maximum Gasteiger partial charge on any atom is 0.191 e. The zero-order valence-corrected chi connectivity index (χ0v) is 12.0. The molecule has 0 aliphatic rings. The average Bonchev–Trinajstić information content (AvgIpc) is 2.79. The second kappa shape index (κ2) is 6.58. The van der Waals surface area contributed by atoms with Crippen LogP contribution in [0.5, 0.6) is 5.75 Å². The van der Waals surface area contributed by atoms with Gasteiger partial charge in [0.25, 0.3) is 0 Å². The Labute approximate surface area is 117 Å². The van der Waals surface area contributed by atoms with E-state index in [0.717, 1.165) is 29.0 Å². The van der Waals surface area contributed by atoms with Crippen molar-refractivity contribution in [1.82, 2.24) is 14.8 Å². The van der Waals surface area contributed by atoms with Gasteiger partial charge >= 0.3 is 0 Å². The molecule has 0 radical (unpaired) electrons. The van der Waals surface area contributed by atoms with E-state index < -0.39 is 0 Å². The highest BCUT2D eigenvalue weighted by molar-refractivity contribution is 7.98. The third-order valence-corrected chi connectivity index (χ3v) is 3.82. The van der Waals surface area contributed by atoms with Gasteiger partial charge in [-0.3, -0.25) is 0 Å². The van der Waals surface area contributed by atoms with Crippen LogP contribution in [-0.2, 0) is 12.3 Å². The van der Waals surface area contributed by atoms with Gasteiger partial charge in [-0.25, -0.2) is 0 Å². The molecule has 1 aromatic carbocycles. The molecule has 2 aromatic rings. The first-order chi connectivity index (χ1) is 9.24. The Bertz CT molecular complexity index is 524. The van der Waals surface area contributed by atoms with Crippen molar-refractivity contribution in [1.29, 1.82) is 0 Å². The Kier molecular flexibility index (Phi) is 4.81. The summed E-state index contributed by atoms with van der Waals surface area (Å²) < 4.78 is 7.19. The molecule has 19 heavy (non-hydrogen) atoms. The van der Waals surface area contributed by atoms with Gasteiger partial charge in [-0.05, 0) is 24.6 Å². The Morgan fingerprint density at radius 2 is 2.00 bits per heavy atom. The monoisotopic (exact) mass is 278 g/mol. The number of hydrogen-bond acceptors (Lipinski definition) is 5. The number of ether oxygens (including phenoxy) is 1. The van der Waals surface area contributed by atoms with Crippen molar-refractivity contribution in [3.63, 3.8) is 0 Å². The van der Waals surface area contributed by atoms with Crippen LogP contribution in [-0.4, -0.2) is 28.4 Å². The molecule has 0 aliphatic carbocycles. The molecule has 0 bridgehead atoms. The molecule has 1 heterocycles. The van der Waals surface area contributed by atoms with Gasteiger partial charge in [0.05, 0.1) is 7.11 Å². The summed E-state index contributed by atoms with van der Waals surface area (Å²) in [5, 5.41) is 9.19. The molecule has 0 amide bonds. The van der Waals surface area contributed by atoms with E-state index in [1.807, 2.05) is 23.6 Å². The first kappa shape index (κ1) is 13.9. The van der Waals surface area contributed by atoms with E-state index in [4.69, 9.17) is 10.5 Å². The van der Waals surface area contributed by atoms with Crippen LogP contribution in [0.15, 0.2) is 29.4 Å². The molecule has 0 saturated heterocycles. The summed E-state index contributed by atoms with van der Waals surface area (Å²) in [4.78, 5) is 0. The maximum absolute atomic E-state index is 5.60. The van der Waals surface area contributed by atoms with Crippen molar-refractivity contribution < 1.29 is 4.74 Å². The summed E-state index contributed by atoms with van der Waals surface area (Å²) in [7, 11) is 1.67. The highest BCUT2D eigenvalue weighted by atomic mass is 32.2. The van der Waals surface area contributed by atoms with Crippen LogP contribution in [0, 0.1) is 6.92 Å².